The normalized spacial score (nSPS) is 12.3. The minimum absolute atomic E-state index is 0.0313. The minimum Gasteiger partial charge on any atom is -0.480 e. The maximum Gasteiger partial charge on any atom is 0.326 e. The van der Waals surface area contributed by atoms with E-state index in [1.54, 1.807) is 54.6 Å². The smallest absolute Gasteiger partial charge is 0.326 e. The van der Waals surface area contributed by atoms with Crippen LogP contribution in [0.25, 0.3) is 6.08 Å². The van der Waals surface area contributed by atoms with E-state index in [4.69, 9.17) is 0 Å². The number of aliphatic carboxylic acids is 1. The Hall–Kier alpha value is -2.93. The lowest BCUT2D eigenvalue weighted by atomic mass is 10.0. The van der Waals surface area contributed by atoms with Crippen LogP contribution in [0, 0.1) is 5.92 Å². The van der Waals surface area contributed by atoms with Crippen molar-refractivity contribution in [3.05, 3.63) is 75.9 Å². The second-order valence-corrected chi connectivity index (χ2v) is 7.84. The zero-order chi connectivity index (χ0) is 21.4. The molecule has 2 aromatic carbocycles. The molecule has 0 aliphatic carbocycles. The largest absolute Gasteiger partial charge is 0.480 e. The number of carbonyl (C=O) groups excluding carboxylic acids is 2. The van der Waals surface area contributed by atoms with Gasteiger partial charge in [-0.2, -0.15) is 0 Å². The van der Waals surface area contributed by atoms with Crippen LogP contribution in [-0.4, -0.2) is 28.9 Å². The van der Waals surface area contributed by atoms with Crippen molar-refractivity contribution in [1.82, 2.24) is 10.6 Å². The Bertz CT molecular complexity index is 893. The summed E-state index contributed by atoms with van der Waals surface area (Å²) in [5, 5.41) is 14.5. The molecule has 0 radical (unpaired) electrons. The van der Waals surface area contributed by atoms with Crippen molar-refractivity contribution >= 4 is 39.8 Å². The van der Waals surface area contributed by atoms with Gasteiger partial charge in [-0.15, -0.1) is 0 Å². The van der Waals surface area contributed by atoms with Crippen LogP contribution in [0.1, 0.15) is 36.2 Å². The van der Waals surface area contributed by atoms with Gasteiger partial charge in [0.15, 0.2) is 0 Å². The minimum atomic E-state index is -1.12. The zero-order valence-corrected chi connectivity index (χ0v) is 17.8. The molecule has 2 aromatic rings. The molecule has 0 bridgehead atoms. The summed E-state index contributed by atoms with van der Waals surface area (Å²) in [7, 11) is 0. The first-order chi connectivity index (χ1) is 13.8. The molecule has 0 spiro atoms. The van der Waals surface area contributed by atoms with E-state index in [2.05, 4.69) is 26.6 Å². The Labute approximate surface area is 178 Å². The van der Waals surface area contributed by atoms with E-state index in [0.29, 0.717) is 11.1 Å². The molecule has 0 aliphatic rings. The summed E-state index contributed by atoms with van der Waals surface area (Å²) in [5.74, 6) is -2.16. The number of carbonyl (C=O) groups is 3. The van der Waals surface area contributed by atoms with Crippen molar-refractivity contribution in [2.24, 2.45) is 5.92 Å². The van der Waals surface area contributed by atoms with Gasteiger partial charge in [0.1, 0.15) is 11.7 Å². The number of hydrogen-bond donors (Lipinski definition) is 3. The monoisotopic (exact) mass is 458 g/mol. The highest BCUT2D eigenvalue weighted by Gasteiger charge is 2.24. The average molecular weight is 459 g/mol. The molecule has 0 fully saturated rings. The van der Waals surface area contributed by atoms with Gasteiger partial charge in [-0.1, -0.05) is 60.1 Å². The first-order valence-electron chi connectivity index (χ1n) is 9.13. The van der Waals surface area contributed by atoms with Crippen LogP contribution in [0.15, 0.2) is 64.8 Å². The van der Waals surface area contributed by atoms with Gasteiger partial charge in [0.25, 0.3) is 11.8 Å². The van der Waals surface area contributed by atoms with Gasteiger partial charge in [0, 0.05) is 10.0 Å². The van der Waals surface area contributed by atoms with Crippen LogP contribution in [0.2, 0.25) is 0 Å². The number of carboxylic acids is 1. The molecule has 0 saturated carbocycles. The van der Waals surface area contributed by atoms with E-state index in [1.807, 2.05) is 13.8 Å². The van der Waals surface area contributed by atoms with Gasteiger partial charge < -0.3 is 15.7 Å². The summed E-state index contributed by atoms with van der Waals surface area (Å²) in [6.07, 6.45) is 1.79. The second-order valence-electron chi connectivity index (χ2n) is 6.92. The van der Waals surface area contributed by atoms with Crippen molar-refractivity contribution in [1.29, 1.82) is 0 Å². The van der Waals surface area contributed by atoms with Crippen molar-refractivity contribution in [3.8, 4) is 0 Å². The first kappa shape index (κ1) is 22.4. The number of carboxylic acid groups (broad SMARTS) is 1. The lowest BCUT2D eigenvalue weighted by Crippen LogP contribution is -2.45. The quantitative estimate of drug-likeness (QED) is 0.523. The molecule has 29 heavy (non-hydrogen) atoms. The third-order valence-corrected chi connectivity index (χ3v) is 4.55. The van der Waals surface area contributed by atoms with Gasteiger partial charge in [0.2, 0.25) is 0 Å². The van der Waals surface area contributed by atoms with Crippen LogP contribution in [0.5, 0.6) is 0 Å². The Morgan fingerprint density at radius 2 is 1.66 bits per heavy atom. The van der Waals surface area contributed by atoms with Gasteiger partial charge >= 0.3 is 5.97 Å². The highest BCUT2D eigenvalue weighted by atomic mass is 79.9. The highest BCUT2D eigenvalue weighted by Crippen LogP contribution is 2.14. The lowest BCUT2D eigenvalue weighted by Gasteiger charge is -2.18. The predicted molar refractivity (Wildman–Crippen MR) is 115 cm³/mol. The molecular weight excluding hydrogens is 436 g/mol. The van der Waals surface area contributed by atoms with Crippen LogP contribution in [0.4, 0.5) is 0 Å². The van der Waals surface area contributed by atoms with E-state index in [1.165, 1.54) is 6.08 Å². The Kier molecular flexibility index (Phi) is 8.15. The Morgan fingerprint density at radius 3 is 2.21 bits per heavy atom. The van der Waals surface area contributed by atoms with Crippen molar-refractivity contribution in [2.75, 3.05) is 0 Å². The summed E-state index contributed by atoms with van der Waals surface area (Å²) in [5.41, 5.74) is 1.04. The fourth-order valence-electron chi connectivity index (χ4n) is 2.60. The lowest BCUT2D eigenvalue weighted by molar-refractivity contribution is -0.141. The summed E-state index contributed by atoms with van der Waals surface area (Å²) in [6, 6.07) is 14.6. The third-order valence-electron chi connectivity index (χ3n) is 4.02. The number of benzene rings is 2. The Balaban J connectivity index is 2.30. The molecule has 1 unspecified atom stereocenters. The van der Waals surface area contributed by atoms with E-state index in [9.17, 15) is 19.5 Å². The average Bonchev–Trinajstić information content (AvgIpc) is 2.68. The first-order valence-corrected chi connectivity index (χ1v) is 9.93. The van der Waals surface area contributed by atoms with E-state index >= 15 is 0 Å². The fourth-order valence-corrected chi connectivity index (χ4v) is 2.86. The van der Waals surface area contributed by atoms with E-state index in [0.717, 1.165) is 4.47 Å². The maximum absolute atomic E-state index is 12.8. The van der Waals surface area contributed by atoms with Crippen LogP contribution < -0.4 is 10.6 Å². The van der Waals surface area contributed by atoms with Crippen molar-refractivity contribution < 1.29 is 19.5 Å². The number of hydrogen-bond acceptors (Lipinski definition) is 3. The fraction of sp³-hybridized carbons (Fsp3) is 0.227. The molecule has 152 valence electrons. The van der Waals surface area contributed by atoms with E-state index < -0.39 is 23.8 Å². The van der Waals surface area contributed by atoms with E-state index in [-0.39, 0.29) is 18.0 Å². The molecule has 0 heterocycles. The molecule has 6 nitrogen and oxygen atoms in total. The Morgan fingerprint density at radius 1 is 1.03 bits per heavy atom. The van der Waals surface area contributed by atoms with Crippen molar-refractivity contribution in [3.63, 3.8) is 0 Å². The molecular formula is C22H23BrN2O4. The topological polar surface area (TPSA) is 95.5 Å². The number of rotatable bonds is 8. The number of amides is 2. The maximum atomic E-state index is 12.8. The molecule has 2 amide bonds. The zero-order valence-electron chi connectivity index (χ0n) is 16.2. The van der Waals surface area contributed by atoms with Gasteiger partial charge in [0.05, 0.1) is 0 Å². The molecule has 2 rings (SSSR count). The summed E-state index contributed by atoms with van der Waals surface area (Å²) in [6.45, 7) is 3.75. The molecule has 0 aromatic heterocycles. The summed E-state index contributed by atoms with van der Waals surface area (Å²) >= 11 is 3.35. The van der Waals surface area contributed by atoms with Gasteiger partial charge in [-0.25, -0.2) is 4.79 Å². The summed E-state index contributed by atoms with van der Waals surface area (Å²) in [4.78, 5) is 36.9. The molecule has 0 aliphatic heterocycles. The second kappa shape index (κ2) is 10.6. The molecule has 1 atom stereocenters. The van der Waals surface area contributed by atoms with Crippen LogP contribution >= 0.6 is 15.9 Å². The molecule has 0 saturated heterocycles. The highest BCUT2D eigenvalue weighted by molar-refractivity contribution is 9.10. The molecule has 7 heteroatoms. The standard InChI is InChI=1S/C22H23BrN2O4/c1-14(2)12-19(22(28)29)25-21(27)18(13-15-8-10-17(23)11-9-15)24-20(26)16-6-4-3-5-7-16/h3-11,13-14,19H,12H2,1-2H3,(H,24,26)(H,25,27)(H,28,29)/b18-13+. The number of nitrogens with one attached hydrogen (secondary N) is 2. The third kappa shape index (κ3) is 7.19. The van der Waals surface area contributed by atoms with Gasteiger partial charge in [-0.05, 0) is 48.2 Å². The van der Waals surface area contributed by atoms with Crippen LogP contribution in [0.3, 0.4) is 0 Å². The SMILES string of the molecule is CC(C)CC(NC(=O)/C(=C\c1ccc(Br)cc1)NC(=O)c1ccccc1)C(=O)O. The van der Waals surface area contributed by atoms with Crippen molar-refractivity contribution in [2.45, 2.75) is 26.3 Å². The van der Waals surface area contributed by atoms with Gasteiger partial charge in [-0.3, -0.25) is 9.59 Å². The summed E-state index contributed by atoms with van der Waals surface area (Å²) < 4.78 is 0.872. The number of halogens is 1. The molecule has 3 N–H and O–H groups in total. The van der Waals surface area contributed by atoms with Crippen LogP contribution in [-0.2, 0) is 9.59 Å². The predicted octanol–water partition coefficient (Wildman–Crippen LogP) is 3.84.